The third-order valence-electron chi connectivity index (χ3n) is 6.80. The third-order valence-corrected chi connectivity index (χ3v) is 6.80. The maximum absolute atomic E-state index is 11.2. The van der Waals surface area contributed by atoms with E-state index in [1.165, 1.54) is 37.7 Å². The highest BCUT2D eigenvalue weighted by Crippen LogP contribution is 2.37. The average molecular weight is 447 g/mol. The lowest BCUT2D eigenvalue weighted by Gasteiger charge is -2.24. The van der Waals surface area contributed by atoms with Gasteiger partial charge in [0.05, 0.1) is 0 Å². The van der Waals surface area contributed by atoms with Crippen LogP contribution in [0.15, 0.2) is 59.9 Å². The molecule has 3 nitrogen and oxygen atoms in total. The maximum Gasteiger partial charge on any atom is 0.122 e. The minimum Gasteiger partial charge on any atom is -0.507 e. The van der Waals surface area contributed by atoms with Gasteiger partial charge in [0.1, 0.15) is 17.3 Å². The van der Waals surface area contributed by atoms with Gasteiger partial charge in [-0.1, -0.05) is 62.3 Å². The summed E-state index contributed by atoms with van der Waals surface area (Å²) < 4.78 is 0. The summed E-state index contributed by atoms with van der Waals surface area (Å²) in [6.45, 7) is 11.3. The Morgan fingerprint density at radius 3 is 2.15 bits per heavy atom. The quantitative estimate of drug-likeness (QED) is 0.300. The Labute approximate surface area is 198 Å². The van der Waals surface area contributed by atoms with Crippen LogP contribution in [0.2, 0.25) is 0 Å². The summed E-state index contributed by atoms with van der Waals surface area (Å²) in [6.07, 6.45) is 11.3. The summed E-state index contributed by atoms with van der Waals surface area (Å²) in [4.78, 5) is 0. The Morgan fingerprint density at radius 1 is 0.939 bits per heavy atom. The van der Waals surface area contributed by atoms with E-state index in [0.29, 0.717) is 35.8 Å². The normalized spacial score (nSPS) is 15.6. The highest BCUT2D eigenvalue weighted by atomic mass is 16.3. The number of aliphatic hydroxyl groups excluding tert-OH is 1. The summed E-state index contributed by atoms with van der Waals surface area (Å²) in [6, 6.07) is 8.37. The van der Waals surface area contributed by atoms with Gasteiger partial charge in [0.2, 0.25) is 0 Å². The molecule has 0 aliphatic heterocycles. The minimum atomic E-state index is 0.213. The summed E-state index contributed by atoms with van der Waals surface area (Å²) in [7, 11) is 0. The van der Waals surface area contributed by atoms with Gasteiger partial charge in [0, 0.05) is 6.42 Å². The summed E-state index contributed by atoms with van der Waals surface area (Å²) in [5, 5.41) is 31.4. The van der Waals surface area contributed by atoms with E-state index in [0.717, 1.165) is 33.4 Å². The van der Waals surface area contributed by atoms with E-state index in [-0.39, 0.29) is 5.76 Å². The number of hydrogen-bond donors (Lipinski definition) is 3. The van der Waals surface area contributed by atoms with E-state index in [9.17, 15) is 15.3 Å². The van der Waals surface area contributed by atoms with Gasteiger partial charge in [-0.2, -0.15) is 0 Å². The number of allylic oxidation sites excluding steroid dienone is 4. The number of phenols is 2. The summed E-state index contributed by atoms with van der Waals surface area (Å²) in [5.74, 6) is 1.43. The minimum absolute atomic E-state index is 0.213. The fourth-order valence-corrected chi connectivity index (χ4v) is 4.89. The predicted octanol–water partition coefficient (Wildman–Crippen LogP) is 7.86. The predicted molar refractivity (Wildman–Crippen MR) is 137 cm³/mol. The van der Waals surface area contributed by atoms with Crippen LogP contribution in [0.3, 0.4) is 0 Å². The van der Waals surface area contributed by atoms with Crippen molar-refractivity contribution in [2.24, 2.45) is 0 Å². The summed E-state index contributed by atoms with van der Waals surface area (Å²) in [5.41, 5.74) is 7.37. The molecule has 0 heterocycles. The maximum atomic E-state index is 11.2. The van der Waals surface area contributed by atoms with Crippen molar-refractivity contribution in [3.05, 3.63) is 93.3 Å². The number of rotatable bonds is 7. The second kappa shape index (κ2) is 10.8. The van der Waals surface area contributed by atoms with E-state index in [4.69, 9.17) is 0 Å². The number of benzene rings is 2. The van der Waals surface area contributed by atoms with Crippen LogP contribution in [0, 0.1) is 13.8 Å². The molecule has 0 atom stereocenters. The van der Waals surface area contributed by atoms with E-state index in [2.05, 4.69) is 18.7 Å². The van der Waals surface area contributed by atoms with E-state index in [1.54, 1.807) is 6.92 Å². The van der Waals surface area contributed by atoms with E-state index < -0.39 is 0 Å². The molecule has 0 unspecified atom stereocenters. The van der Waals surface area contributed by atoms with E-state index >= 15 is 0 Å². The van der Waals surface area contributed by atoms with Crippen molar-refractivity contribution in [1.29, 1.82) is 0 Å². The molecule has 0 bridgehead atoms. The van der Waals surface area contributed by atoms with Crippen molar-refractivity contribution in [1.82, 2.24) is 0 Å². The van der Waals surface area contributed by atoms with Crippen LogP contribution >= 0.6 is 0 Å². The Morgan fingerprint density at radius 2 is 1.55 bits per heavy atom. The van der Waals surface area contributed by atoms with E-state index in [1.807, 2.05) is 45.1 Å². The molecule has 1 aliphatic carbocycles. The zero-order valence-corrected chi connectivity index (χ0v) is 20.5. The van der Waals surface area contributed by atoms with Crippen molar-refractivity contribution < 1.29 is 15.3 Å². The molecule has 3 rings (SSSR count). The molecule has 1 aliphatic rings. The molecule has 3 heteroatoms. The van der Waals surface area contributed by atoms with Crippen LogP contribution in [0.4, 0.5) is 0 Å². The van der Waals surface area contributed by atoms with Crippen LogP contribution in [0.25, 0.3) is 0 Å². The van der Waals surface area contributed by atoms with Crippen LogP contribution in [0.1, 0.15) is 85.3 Å². The van der Waals surface area contributed by atoms with Gasteiger partial charge in [-0.15, -0.1) is 0 Å². The molecule has 1 fully saturated rings. The Balaban J connectivity index is 1.96. The molecule has 2 aromatic carbocycles. The largest absolute Gasteiger partial charge is 0.507 e. The molecule has 1 saturated carbocycles. The first-order chi connectivity index (χ1) is 15.7. The molecule has 0 spiro atoms. The number of phenolic OH excluding ortho intramolecular Hbond substituents is 2. The second-order valence-electron chi connectivity index (χ2n) is 9.70. The van der Waals surface area contributed by atoms with Gasteiger partial charge < -0.3 is 15.3 Å². The molecule has 2 aromatic rings. The monoisotopic (exact) mass is 446 g/mol. The summed E-state index contributed by atoms with van der Waals surface area (Å²) >= 11 is 0. The van der Waals surface area contributed by atoms with Gasteiger partial charge in [-0.3, -0.25) is 0 Å². The van der Waals surface area contributed by atoms with Crippen molar-refractivity contribution in [3.63, 3.8) is 0 Å². The smallest absolute Gasteiger partial charge is 0.122 e. The SMILES string of the molecule is C=C(C)C(O)=C(C)C=CCc1cc(C2CCCCC2)cc(Cc2cc(C)c(O)c(C)c2)c1O. The molecule has 0 aromatic heterocycles. The standard InChI is InChI=1S/C30H38O3/c1-19(2)28(31)20(3)10-9-13-25-17-26(24-11-7-6-8-12-24)18-27(30(25)33)16-23-14-21(4)29(32)22(5)15-23/h9-10,14-15,17-18,24,31-33H,1,6-8,11-13,16H2,2-5H3. The highest BCUT2D eigenvalue weighted by molar-refractivity contribution is 5.50. The topological polar surface area (TPSA) is 60.7 Å². The highest BCUT2D eigenvalue weighted by Gasteiger charge is 2.19. The lowest BCUT2D eigenvalue weighted by molar-refractivity contribution is 0.419. The lowest BCUT2D eigenvalue weighted by Crippen LogP contribution is -2.06. The third kappa shape index (κ3) is 6.10. The van der Waals surface area contributed by atoms with Crippen molar-refractivity contribution in [2.75, 3.05) is 0 Å². The fourth-order valence-electron chi connectivity index (χ4n) is 4.89. The average Bonchev–Trinajstić information content (AvgIpc) is 2.79. The van der Waals surface area contributed by atoms with Crippen LogP contribution in [-0.4, -0.2) is 15.3 Å². The fraction of sp³-hybridized carbons (Fsp3) is 0.400. The first-order valence-corrected chi connectivity index (χ1v) is 12.0. The van der Waals surface area contributed by atoms with Crippen molar-refractivity contribution in [3.8, 4) is 11.5 Å². The zero-order valence-electron chi connectivity index (χ0n) is 20.5. The van der Waals surface area contributed by atoms with Gasteiger partial charge in [-0.25, -0.2) is 0 Å². The van der Waals surface area contributed by atoms with Crippen molar-refractivity contribution >= 4 is 0 Å². The number of aliphatic hydroxyl groups is 1. The Hall–Kier alpha value is -2.94. The van der Waals surface area contributed by atoms with Gasteiger partial charge >= 0.3 is 0 Å². The molecule has 0 radical (unpaired) electrons. The Bertz CT molecular complexity index is 1060. The molecule has 3 N–H and O–H groups in total. The van der Waals surface area contributed by atoms with Crippen LogP contribution < -0.4 is 0 Å². The molecule has 0 amide bonds. The number of hydrogen-bond acceptors (Lipinski definition) is 3. The second-order valence-corrected chi connectivity index (χ2v) is 9.70. The van der Waals surface area contributed by atoms with Gasteiger partial charge in [0.25, 0.3) is 0 Å². The number of aryl methyl sites for hydroxylation is 2. The van der Waals surface area contributed by atoms with Crippen molar-refractivity contribution in [2.45, 2.75) is 78.6 Å². The molecule has 0 saturated heterocycles. The zero-order chi connectivity index (χ0) is 24.1. The first-order valence-electron chi connectivity index (χ1n) is 12.0. The van der Waals surface area contributed by atoms with Crippen LogP contribution in [-0.2, 0) is 12.8 Å². The lowest BCUT2D eigenvalue weighted by atomic mass is 9.82. The van der Waals surface area contributed by atoms with Gasteiger partial charge in [-0.05, 0) is 97.4 Å². The molecular formula is C30H38O3. The van der Waals surface area contributed by atoms with Crippen LogP contribution in [0.5, 0.6) is 11.5 Å². The first kappa shape index (κ1) is 24.7. The van der Waals surface area contributed by atoms with Gasteiger partial charge in [0.15, 0.2) is 0 Å². The molecular weight excluding hydrogens is 408 g/mol. The molecule has 33 heavy (non-hydrogen) atoms. The molecule has 176 valence electrons. The Kier molecular flexibility index (Phi) is 8.07. The number of aromatic hydroxyl groups is 2.